The van der Waals surface area contributed by atoms with Gasteiger partial charge < -0.3 is 10.1 Å². The van der Waals surface area contributed by atoms with Crippen molar-refractivity contribution < 1.29 is 4.74 Å². The van der Waals surface area contributed by atoms with E-state index in [1.807, 2.05) is 11.6 Å². The van der Waals surface area contributed by atoms with Gasteiger partial charge in [0, 0.05) is 24.2 Å². The first kappa shape index (κ1) is 16.4. The molecular formula is C18H25N3OS. The maximum Gasteiger partial charge on any atom is 0.118 e. The third-order valence-corrected chi connectivity index (χ3v) is 5.70. The summed E-state index contributed by atoms with van der Waals surface area (Å²) in [7, 11) is 3.93. The molecular weight excluding hydrogens is 306 g/mol. The van der Waals surface area contributed by atoms with Crippen molar-refractivity contribution in [2.24, 2.45) is 5.92 Å². The second-order valence-corrected chi connectivity index (χ2v) is 7.17. The molecule has 1 fully saturated rings. The zero-order valence-electron chi connectivity index (χ0n) is 14.0. The summed E-state index contributed by atoms with van der Waals surface area (Å²) < 4.78 is 5.27. The number of benzene rings is 1. The van der Waals surface area contributed by atoms with E-state index in [9.17, 15) is 0 Å². The molecule has 0 saturated carbocycles. The highest BCUT2D eigenvalue weighted by Crippen LogP contribution is 2.36. The van der Waals surface area contributed by atoms with E-state index in [1.165, 1.54) is 12.0 Å². The van der Waals surface area contributed by atoms with E-state index in [2.05, 4.69) is 53.4 Å². The lowest BCUT2D eigenvalue weighted by atomic mass is 9.93. The van der Waals surface area contributed by atoms with Crippen LogP contribution in [-0.2, 0) is 0 Å². The summed E-state index contributed by atoms with van der Waals surface area (Å²) in [6, 6.07) is 9.30. The number of aromatic nitrogens is 1. The number of hydrogen-bond donors (Lipinski definition) is 1. The summed E-state index contributed by atoms with van der Waals surface area (Å²) in [5.41, 5.74) is 1.37. The standard InChI is InChI=1S/C18H25N3OS/c1-13(18-19-9-11-23-18)20-12-15-8-10-21(2)17(15)14-4-6-16(22-3)7-5-14/h4-7,9,11,13,15,17,20H,8,10,12H2,1-3H3/t13-,15+,17-/m1/s1. The molecule has 3 rings (SSSR count). The molecule has 0 unspecified atom stereocenters. The van der Waals surface area contributed by atoms with Gasteiger partial charge in [-0.15, -0.1) is 11.3 Å². The molecule has 4 nitrogen and oxygen atoms in total. The number of nitrogens with one attached hydrogen (secondary N) is 1. The van der Waals surface area contributed by atoms with Gasteiger partial charge in [0.15, 0.2) is 0 Å². The molecule has 0 amide bonds. The van der Waals surface area contributed by atoms with Crippen LogP contribution in [0.2, 0.25) is 0 Å². The number of hydrogen-bond acceptors (Lipinski definition) is 5. The molecule has 0 spiro atoms. The second kappa shape index (κ2) is 7.43. The first-order valence-electron chi connectivity index (χ1n) is 8.16. The fourth-order valence-corrected chi connectivity index (χ4v) is 4.10. The van der Waals surface area contributed by atoms with Crippen LogP contribution in [0.5, 0.6) is 5.75 Å². The number of methoxy groups -OCH3 is 1. The maximum absolute atomic E-state index is 5.27. The Balaban J connectivity index is 1.65. The van der Waals surface area contributed by atoms with Gasteiger partial charge >= 0.3 is 0 Å². The Bertz CT molecular complexity index is 599. The first-order valence-corrected chi connectivity index (χ1v) is 9.04. The molecule has 1 aliphatic rings. The molecule has 2 aromatic rings. The minimum atomic E-state index is 0.317. The summed E-state index contributed by atoms with van der Waals surface area (Å²) >= 11 is 1.72. The number of nitrogens with zero attached hydrogens (tertiary/aromatic N) is 2. The number of ether oxygens (including phenoxy) is 1. The Kier molecular flexibility index (Phi) is 5.30. The maximum atomic E-state index is 5.27. The zero-order valence-corrected chi connectivity index (χ0v) is 14.8. The molecule has 0 radical (unpaired) electrons. The fraction of sp³-hybridized carbons (Fsp3) is 0.500. The van der Waals surface area contributed by atoms with E-state index in [1.54, 1.807) is 18.4 Å². The molecule has 1 aromatic heterocycles. The Labute approximate surface area is 142 Å². The van der Waals surface area contributed by atoms with Crippen LogP contribution < -0.4 is 10.1 Å². The fourth-order valence-electron chi connectivity index (χ4n) is 3.43. The predicted octanol–water partition coefficient (Wildman–Crippen LogP) is 3.50. The van der Waals surface area contributed by atoms with Crippen LogP contribution >= 0.6 is 11.3 Å². The van der Waals surface area contributed by atoms with Crippen LogP contribution in [0.4, 0.5) is 0 Å². The van der Waals surface area contributed by atoms with Gasteiger partial charge in [0.25, 0.3) is 0 Å². The van der Waals surface area contributed by atoms with Crippen LogP contribution in [0, 0.1) is 5.92 Å². The average Bonchev–Trinajstić information content (AvgIpc) is 3.23. The molecule has 1 aliphatic heterocycles. The van der Waals surface area contributed by atoms with Gasteiger partial charge in [0.2, 0.25) is 0 Å². The SMILES string of the molecule is COc1ccc([C@@H]2[C@H](CN[C@H](C)c3nccs3)CCN2C)cc1. The molecule has 0 aliphatic carbocycles. The summed E-state index contributed by atoms with van der Waals surface area (Å²) in [6.45, 7) is 4.36. The lowest BCUT2D eigenvalue weighted by molar-refractivity contribution is 0.268. The molecule has 5 heteroatoms. The van der Waals surface area contributed by atoms with Crippen LogP contribution in [0.25, 0.3) is 0 Å². The minimum absolute atomic E-state index is 0.317. The van der Waals surface area contributed by atoms with Crippen molar-refractivity contribution in [3.63, 3.8) is 0 Å². The molecule has 23 heavy (non-hydrogen) atoms. The zero-order chi connectivity index (χ0) is 16.2. The second-order valence-electron chi connectivity index (χ2n) is 6.25. The summed E-state index contributed by atoms with van der Waals surface area (Å²) in [6.07, 6.45) is 3.10. The van der Waals surface area contributed by atoms with Gasteiger partial charge in [0.05, 0.1) is 13.2 Å². The van der Waals surface area contributed by atoms with Crippen LogP contribution in [0.1, 0.15) is 36.0 Å². The highest BCUT2D eigenvalue weighted by atomic mass is 32.1. The van der Waals surface area contributed by atoms with Crippen molar-refractivity contribution >= 4 is 11.3 Å². The van der Waals surface area contributed by atoms with E-state index in [4.69, 9.17) is 4.74 Å². The van der Waals surface area contributed by atoms with Crippen LogP contribution in [0.3, 0.4) is 0 Å². The quantitative estimate of drug-likeness (QED) is 0.879. The van der Waals surface area contributed by atoms with Crippen molar-refractivity contribution in [2.75, 3.05) is 27.2 Å². The summed E-state index contributed by atoms with van der Waals surface area (Å²) in [4.78, 5) is 6.86. The van der Waals surface area contributed by atoms with Crippen molar-refractivity contribution in [1.82, 2.24) is 15.2 Å². The van der Waals surface area contributed by atoms with Gasteiger partial charge in [0.1, 0.15) is 10.8 Å². The number of likely N-dealkylation sites (tertiary alicyclic amines) is 1. The number of rotatable bonds is 6. The molecule has 1 aromatic carbocycles. The summed E-state index contributed by atoms with van der Waals surface area (Å²) in [5, 5.41) is 6.87. The van der Waals surface area contributed by atoms with E-state index in [0.717, 1.165) is 23.8 Å². The Morgan fingerprint density at radius 2 is 2.17 bits per heavy atom. The molecule has 124 valence electrons. The van der Waals surface area contributed by atoms with Gasteiger partial charge in [-0.05, 0) is 50.6 Å². The van der Waals surface area contributed by atoms with Crippen molar-refractivity contribution in [3.05, 3.63) is 46.4 Å². The largest absolute Gasteiger partial charge is 0.497 e. The van der Waals surface area contributed by atoms with E-state index >= 15 is 0 Å². The third kappa shape index (κ3) is 3.74. The lowest BCUT2D eigenvalue weighted by Gasteiger charge is -2.27. The van der Waals surface area contributed by atoms with Gasteiger partial charge in [-0.1, -0.05) is 12.1 Å². The Morgan fingerprint density at radius 3 is 2.83 bits per heavy atom. The molecule has 1 N–H and O–H groups in total. The molecule has 1 saturated heterocycles. The average molecular weight is 331 g/mol. The Morgan fingerprint density at radius 1 is 1.39 bits per heavy atom. The smallest absolute Gasteiger partial charge is 0.118 e. The first-order chi connectivity index (χ1) is 11.2. The van der Waals surface area contributed by atoms with Gasteiger partial charge in [-0.3, -0.25) is 4.90 Å². The minimum Gasteiger partial charge on any atom is -0.497 e. The van der Waals surface area contributed by atoms with Crippen molar-refractivity contribution in [1.29, 1.82) is 0 Å². The van der Waals surface area contributed by atoms with Gasteiger partial charge in [-0.2, -0.15) is 0 Å². The van der Waals surface area contributed by atoms with Crippen molar-refractivity contribution in [3.8, 4) is 5.75 Å². The van der Waals surface area contributed by atoms with Crippen LogP contribution in [-0.4, -0.2) is 37.1 Å². The monoisotopic (exact) mass is 331 g/mol. The topological polar surface area (TPSA) is 37.4 Å². The normalized spacial score (nSPS) is 23.1. The van der Waals surface area contributed by atoms with Crippen LogP contribution in [0.15, 0.2) is 35.8 Å². The van der Waals surface area contributed by atoms with E-state index < -0.39 is 0 Å². The molecule has 3 atom stereocenters. The van der Waals surface area contributed by atoms with E-state index in [0.29, 0.717) is 18.0 Å². The summed E-state index contributed by atoms with van der Waals surface area (Å²) in [5.74, 6) is 1.54. The predicted molar refractivity (Wildman–Crippen MR) is 95.0 cm³/mol. The lowest BCUT2D eigenvalue weighted by Crippen LogP contribution is -2.30. The number of thiazole rings is 1. The Hall–Kier alpha value is -1.43. The molecule has 2 heterocycles. The van der Waals surface area contributed by atoms with Gasteiger partial charge in [-0.25, -0.2) is 4.98 Å². The van der Waals surface area contributed by atoms with Crippen molar-refractivity contribution in [2.45, 2.75) is 25.4 Å². The van der Waals surface area contributed by atoms with E-state index in [-0.39, 0.29) is 0 Å². The molecule has 0 bridgehead atoms. The third-order valence-electron chi connectivity index (χ3n) is 4.74. The highest BCUT2D eigenvalue weighted by Gasteiger charge is 2.33. The highest BCUT2D eigenvalue weighted by molar-refractivity contribution is 7.09.